The minimum absolute atomic E-state index is 0.0317. The quantitative estimate of drug-likeness (QED) is 0.466. The Hall–Kier alpha value is -2.22. The van der Waals surface area contributed by atoms with Gasteiger partial charge in [-0.05, 0) is 32.8 Å². The van der Waals surface area contributed by atoms with Crippen LogP contribution in [0.15, 0.2) is 6.07 Å². The molecule has 0 atom stereocenters. The van der Waals surface area contributed by atoms with E-state index in [0.717, 1.165) is 27.5 Å². The summed E-state index contributed by atoms with van der Waals surface area (Å²) < 4.78 is 5.02. The molecule has 0 radical (unpaired) electrons. The van der Waals surface area contributed by atoms with Gasteiger partial charge in [0.1, 0.15) is 5.54 Å². The van der Waals surface area contributed by atoms with E-state index in [4.69, 9.17) is 4.74 Å². The van der Waals surface area contributed by atoms with E-state index < -0.39 is 17.5 Å². The molecular weight excluding hydrogens is 356 g/mol. The highest BCUT2D eigenvalue weighted by molar-refractivity contribution is 7.12. The number of hydrogen-bond donors (Lipinski definition) is 1. The van der Waals surface area contributed by atoms with Crippen LogP contribution in [-0.2, 0) is 14.3 Å². The summed E-state index contributed by atoms with van der Waals surface area (Å²) in [5, 5.41) is 2.77. The Morgan fingerprint density at radius 2 is 1.96 bits per heavy atom. The summed E-state index contributed by atoms with van der Waals surface area (Å²) in [6.07, 6.45) is 2.99. The van der Waals surface area contributed by atoms with Gasteiger partial charge in [0.2, 0.25) is 5.78 Å². The highest BCUT2D eigenvalue weighted by atomic mass is 32.1. The maximum Gasteiger partial charge on any atom is 0.325 e. The van der Waals surface area contributed by atoms with Crippen molar-refractivity contribution in [3.63, 3.8) is 0 Å². The molecule has 1 saturated carbocycles. The second kappa shape index (κ2) is 7.19. The fourth-order valence-corrected chi connectivity index (χ4v) is 4.55. The Kier molecular flexibility index (Phi) is 5.13. The van der Waals surface area contributed by atoms with Crippen LogP contribution in [0.4, 0.5) is 4.79 Å². The molecule has 7 nitrogen and oxygen atoms in total. The van der Waals surface area contributed by atoms with Gasteiger partial charge in [0.25, 0.3) is 5.91 Å². The number of imide groups is 1. The topological polar surface area (TPSA) is 92.8 Å². The molecule has 8 heteroatoms. The van der Waals surface area contributed by atoms with Gasteiger partial charge in [-0.15, -0.1) is 11.3 Å². The summed E-state index contributed by atoms with van der Waals surface area (Å²) >= 11 is 1.52. The number of ketones is 1. The average Bonchev–Trinajstić information content (AvgIpc) is 3.24. The largest absolute Gasteiger partial charge is 0.457 e. The van der Waals surface area contributed by atoms with Crippen LogP contribution in [0.1, 0.15) is 52.2 Å². The Labute approximate surface area is 155 Å². The van der Waals surface area contributed by atoms with Crippen LogP contribution in [0.25, 0.3) is 0 Å². The van der Waals surface area contributed by atoms with Crippen LogP contribution in [0.2, 0.25) is 0 Å². The molecule has 0 unspecified atom stereocenters. The Morgan fingerprint density at radius 3 is 2.58 bits per heavy atom. The molecule has 140 valence electrons. The van der Waals surface area contributed by atoms with E-state index >= 15 is 0 Å². The number of thiophene rings is 1. The van der Waals surface area contributed by atoms with Crippen LogP contribution in [0.3, 0.4) is 0 Å². The van der Waals surface area contributed by atoms with Gasteiger partial charge in [-0.1, -0.05) is 12.8 Å². The van der Waals surface area contributed by atoms with Gasteiger partial charge in [0.05, 0.1) is 6.42 Å². The van der Waals surface area contributed by atoms with Crippen molar-refractivity contribution in [2.24, 2.45) is 0 Å². The summed E-state index contributed by atoms with van der Waals surface area (Å²) in [5.41, 5.74) is -0.205. The van der Waals surface area contributed by atoms with Crippen molar-refractivity contribution in [1.29, 1.82) is 0 Å². The van der Waals surface area contributed by atoms with E-state index in [9.17, 15) is 19.2 Å². The summed E-state index contributed by atoms with van der Waals surface area (Å²) in [6.45, 7) is 3.40. The van der Waals surface area contributed by atoms with Crippen molar-refractivity contribution >= 4 is 35.0 Å². The van der Waals surface area contributed by atoms with Crippen molar-refractivity contribution in [3.8, 4) is 0 Å². The van der Waals surface area contributed by atoms with Gasteiger partial charge in [-0.2, -0.15) is 0 Å². The number of ether oxygens (including phenoxy) is 1. The number of urea groups is 1. The standard InChI is InChI=1S/C18H22N2O5S/c1-11-9-13(12(2)26-11)14(21)10-25-15(22)5-8-20-16(23)18(19-17(20)24)6-3-4-7-18/h9H,3-8,10H2,1-2H3,(H,19,24). The van der Waals surface area contributed by atoms with Crippen molar-refractivity contribution in [2.75, 3.05) is 13.2 Å². The first-order valence-corrected chi connectivity index (χ1v) is 9.54. The van der Waals surface area contributed by atoms with Crippen LogP contribution in [0.5, 0.6) is 0 Å². The number of nitrogens with one attached hydrogen (secondary N) is 1. The number of Topliss-reactive ketones (excluding diaryl/α,β-unsaturated/α-hetero) is 1. The molecule has 1 aliphatic carbocycles. The monoisotopic (exact) mass is 378 g/mol. The predicted molar refractivity (Wildman–Crippen MR) is 95.1 cm³/mol. The zero-order valence-corrected chi connectivity index (χ0v) is 15.7. The molecular formula is C18H22N2O5S. The lowest BCUT2D eigenvalue weighted by atomic mass is 9.98. The molecule has 0 aromatic carbocycles. The number of nitrogens with zero attached hydrogens (tertiary/aromatic N) is 1. The average molecular weight is 378 g/mol. The summed E-state index contributed by atoms with van der Waals surface area (Å²) in [5.74, 6) is -1.11. The van der Waals surface area contributed by atoms with Crippen LogP contribution in [-0.4, -0.2) is 47.3 Å². The molecule has 0 bridgehead atoms. The number of amides is 3. The van der Waals surface area contributed by atoms with Gasteiger partial charge in [-0.25, -0.2) is 4.79 Å². The van der Waals surface area contributed by atoms with Crippen LogP contribution in [0, 0.1) is 13.8 Å². The molecule has 2 heterocycles. The van der Waals surface area contributed by atoms with Gasteiger partial charge in [0.15, 0.2) is 6.61 Å². The molecule has 1 aromatic heterocycles. The first kappa shape index (κ1) is 18.6. The number of hydrogen-bond acceptors (Lipinski definition) is 6. The van der Waals surface area contributed by atoms with Crippen LogP contribution >= 0.6 is 11.3 Å². The highest BCUT2D eigenvalue weighted by Crippen LogP contribution is 2.35. The van der Waals surface area contributed by atoms with Gasteiger partial charge >= 0.3 is 12.0 Å². The SMILES string of the molecule is Cc1cc(C(=O)COC(=O)CCN2C(=O)NC3(CCCC3)C2=O)c(C)s1. The van der Waals surface area contributed by atoms with Crippen molar-refractivity contribution in [2.45, 2.75) is 51.5 Å². The van der Waals surface area contributed by atoms with Crippen LogP contribution < -0.4 is 5.32 Å². The lowest BCUT2D eigenvalue weighted by molar-refractivity contribution is -0.143. The third kappa shape index (κ3) is 3.51. The minimum Gasteiger partial charge on any atom is -0.457 e. The lowest BCUT2D eigenvalue weighted by Gasteiger charge is -2.19. The molecule has 1 aromatic rings. The van der Waals surface area contributed by atoms with Crippen molar-refractivity contribution in [3.05, 3.63) is 21.4 Å². The maximum atomic E-state index is 12.5. The van der Waals surface area contributed by atoms with E-state index in [0.29, 0.717) is 18.4 Å². The zero-order chi connectivity index (χ0) is 18.9. The molecule has 3 rings (SSSR count). The van der Waals surface area contributed by atoms with Gasteiger partial charge in [0, 0.05) is 21.9 Å². The molecule has 2 aliphatic rings. The van der Waals surface area contributed by atoms with E-state index in [1.54, 1.807) is 6.07 Å². The second-order valence-corrected chi connectivity index (χ2v) is 8.30. The fourth-order valence-electron chi connectivity index (χ4n) is 3.60. The molecule has 26 heavy (non-hydrogen) atoms. The molecule has 2 fully saturated rings. The third-order valence-corrected chi connectivity index (χ3v) is 5.91. The van der Waals surface area contributed by atoms with Crippen molar-refractivity contribution in [1.82, 2.24) is 10.2 Å². The fraction of sp³-hybridized carbons (Fsp3) is 0.556. The predicted octanol–water partition coefficient (Wildman–Crippen LogP) is 2.35. The number of rotatable bonds is 6. The zero-order valence-electron chi connectivity index (χ0n) is 14.9. The third-order valence-electron chi connectivity index (χ3n) is 4.95. The molecule has 1 spiro atoms. The van der Waals surface area contributed by atoms with E-state index in [-0.39, 0.29) is 31.3 Å². The van der Waals surface area contributed by atoms with Gasteiger partial charge < -0.3 is 10.1 Å². The Balaban J connectivity index is 1.48. The first-order chi connectivity index (χ1) is 12.3. The minimum atomic E-state index is -0.773. The number of carbonyl (C=O) groups excluding carboxylic acids is 4. The maximum absolute atomic E-state index is 12.5. The Morgan fingerprint density at radius 1 is 1.27 bits per heavy atom. The number of carbonyl (C=O) groups is 4. The Bertz CT molecular complexity index is 764. The lowest BCUT2D eigenvalue weighted by Crippen LogP contribution is -2.44. The van der Waals surface area contributed by atoms with E-state index in [2.05, 4.69) is 5.32 Å². The first-order valence-electron chi connectivity index (χ1n) is 8.72. The summed E-state index contributed by atoms with van der Waals surface area (Å²) in [4.78, 5) is 51.5. The number of esters is 1. The van der Waals surface area contributed by atoms with Gasteiger partial charge in [-0.3, -0.25) is 19.3 Å². The van der Waals surface area contributed by atoms with E-state index in [1.165, 1.54) is 11.3 Å². The normalized spacial score (nSPS) is 18.5. The molecule has 1 saturated heterocycles. The highest BCUT2D eigenvalue weighted by Gasteiger charge is 2.52. The second-order valence-electron chi connectivity index (χ2n) is 6.84. The molecule has 3 amide bonds. The molecule has 1 aliphatic heterocycles. The number of aryl methyl sites for hydroxylation is 2. The molecule has 1 N–H and O–H groups in total. The van der Waals surface area contributed by atoms with E-state index in [1.807, 2.05) is 13.8 Å². The smallest absolute Gasteiger partial charge is 0.325 e. The van der Waals surface area contributed by atoms with Crippen molar-refractivity contribution < 1.29 is 23.9 Å². The summed E-state index contributed by atoms with van der Waals surface area (Å²) in [7, 11) is 0. The summed E-state index contributed by atoms with van der Waals surface area (Å²) in [6, 6.07) is 1.33.